The molecule has 11 heteroatoms. The van der Waals surface area contributed by atoms with E-state index in [4.69, 9.17) is 9.47 Å². The van der Waals surface area contributed by atoms with Crippen LogP contribution in [0.4, 0.5) is 0 Å². The highest BCUT2D eigenvalue weighted by molar-refractivity contribution is 5.85. The summed E-state index contributed by atoms with van der Waals surface area (Å²) in [5, 5.41) is 22.0. The fraction of sp³-hybridized carbons (Fsp3) is 0.607. The molecule has 0 radical (unpaired) electrons. The minimum absolute atomic E-state index is 0. The van der Waals surface area contributed by atoms with Gasteiger partial charge in [-0.25, -0.2) is 0 Å². The number of rotatable bonds is 9. The molecule has 2 aromatic heterocycles. The Labute approximate surface area is 243 Å². The number of likely N-dealkylation sites (tertiary alicyclic amines) is 1. The van der Waals surface area contributed by atoms with E-state index >= 15 is 0 Å². The molecule has 1 aliphatic carbocycles. The molecule has 2 aliphatic rings. The summed E-state index contributed by atoms with van der Waals surface area (Å²) in [5.41, 5.74) is 3.91. The van der Waals surface area contributed by atoms with Crippen molar-refractivity contribution in [3.8, 4) is 34.1 Å². The summed E-state index contributed by atoms with van der Waals surface area (Å²) in [6, 6.07) is 8.34. The standard InChI is InChI=1S/C28H39N7O2.2ClH/c1-4-5-11-25-23(19-27(30-29-25)37-22-14-16-34(2)17-15-22)20-12-13-26(36-21-9-7-6-8-10-21)24(18-20)28-31-33-35(3)32-28;;/h12-13,18-19,21-22H,4-11,14-17H2,1-3H3;2*1H. The Hall–Kier alpha value is -2.49. The summed E-state index contributed by atoms with van der Waals surface area (Å²) in [6.07, 6.45) is 11.3. The molecule has 1 saturated heterocycles. The number of hydrogen-bond donors (Lipinski definition) is 0. The quantitative estimate of drug-likeness (QED) is 0.319. The topological polar surface area (TPSA) is 91.1 Å². The van der Waals surface area contributed by atoms with Crippen LogP contribution in [0.1, 0.15) is 70.4 Å². The lowest BCUT2D eigenvalue weighted by molar-refractivity contribution is 0.109. The van der Waals surface area contributed by atoms with E-state index < -0.39 is 0 Å². The largest absolute Gasteiger partial charge is 0.490 e. The fourth-order valence-corrected chi connectivity index (χ4v) is 5.24. The van der Waals surface area contributed by atoms with Crippen LogP contribution < -0.4 is 9.47 Å². The molecule has 0 amide bonds. The van der Waals surface area contributed by atoms with Crippen LogP contribution in [0.5, 0.6) is 11.6 Å². The second-order valence-electron chi connectivity index (χ2n) is 10.5. The Bertz CT molecular complexity index is 1180. The number of aryl methyl sites for hydroxylation is 2. The highest BCUT2D eigenvalue weighted by Crippen LogP contribution is 2.36. The number of nitrogens with zero attached hydrogens (tertiary/aromatic N) is 7. The molecular weight excluding hydrogens is 537 g/mol. The van der Waals surface area contributed by atoms with E-state index in [0.717, 1.165) is 86.2 Å². The molecule has 214 valence electrons. The Morgan fingerprint density at radius 3 is 2.28 bits per heavy atom. The van der Waals surface area contributed by atoms with Crippen LogP contribution >= 0.6 is 24.8 Å². The van der Waals surface area contributed by atoms with Crippen molar-refractivity contribution in [3.63, 3.8) is 0 Å². The van der Waals surface area contributed by atoms with E-state index in [1.807, 2.05) is 0 Å². The van der Waals surface area contributed by atoms with Crippen LogP contribution in [0, 0.1) is 0 Å². The highest BCUT2D eigenvalue weighted by Gasteiger charge is 2.22. The van der Waals surface area contributed by atoms with E-state index in [0.29, 0.717) is 11.7 Å². The summed E-state index contributed by atoms with van der Waals surface area (Å²) in [7, 11) is 3.94. The van der Waals surface area contributed by atoms with E-state index in [2.05, 4.69) is 68.7 Å². The third-order valence-corrected chi connectivity index (χ3v) is 7.45. The molecule has 3 aromatic rings. The van der Waals surface area contributed by atoms with Crippen LogP contribution in [0.15, 0.2) is 24.3 Å². The van der Waals surface area contributed by atoms with E-state index in [-0.39, 0.29) is 37.0 Å². The number of tetrazole rings is 1. The first-order valence-corrected chi connectivity index (χ1v) is 13.9. The van der Waals surface area contributed by atoms with Gasteiger partial charge in [-0.15, -0.1) is 40.1 Å². The van der Waals surface area contributed by atoms with Gasteiger partial charge in [0.05, 0.1) is 24.4 Å². The zero-order chi connectivity index (χ0) is 25.6. The normalized spacial score (nSPS) is 16.8. The van der Waals surface area contributed by atoms with Crippen LogP contribution in [0.2, 0.25) is 0 Å². The first-order chi connectivity index (χ1) is 18.1. The van der Waals surface area contributed by atoms with Crippen LogP contribution in [-0.4, -0.2) is 67.6 Å². The van der Waals surface area contributed by atoms with Gasteiger partial charge in [0.1, 0.15) is 11.9 Å². The second kappa shape index (κ2) is 14.8. The van der Waals surface area contributed by atoms with Gasteiger partial charge in [-0.2, -0.15) is 9.90 Å². The summed E-state index contributed by atoms with van der Waals surface area (Å²) in [5.74, 6) is 1.96. The molecule has 9 nitrogen and oxygen atoms in total. The number of benzene rings is 1. The molecule has 0 N–H and O–H groups in total. The molecule has 1 saturated carbocycles. The number of ether oxygens (including phenoxy) is 2. The number of halogens is 2. The average Bonchev–Trinajstić information content (AvgIpc) is 3.36. The molecule has 1 aliphatic heterocycles. The van der Waals surface area contributed by atoms with Crippen molar-refractivity contribution in [2.45, 2.75) is 83.3 Å². The zero-order valence-electron chi connectivity index (χ0n) is 23.2. The van der Waals surface area contributed by atoms with Crippen LogP contribution in [0.3, 0.4) is 0 Å². The molecule has 5 rings (SSSR count). The van der Waals surface area contributed by atoms with Crippen molar-refractivity contribution in [3.05, 3.63) is 30.0 Å². The SMILES string of the molecule is CCCCc1nnc(OC2CCN(C)CC2)cc1-c1ccc(OC2CCCCC2)c(-c2nnn(C)n2)c1.Cl.Cl. The number of hydrogen-bond acceptors (Lipinski definition) is 8. The number of unbranched alkanes of at least 4 members (excludes halogenated alkanes) is 1. The van der Waals surface area contributed by atoms with Crippen molar-refractivity contribution >= 4 is 24.8 Å². The van der Waals surface area contributed by atoms with Crippen molar-refractivity contribution in [2.75, 3.05) is 20.1 Å². The maximum Gasteiger partial charge on any atom is 0.234 e. The fourth-order valence-electron chi connectivity index (χ4n) is 5.24. The van der Waals surface area contributed by atoms with Gasteiger partial charge in [-0.1, -0.05) is 25.8 Å². The average molecular weight is 579 g/mol. The molecule has 3 heterocycles. The Kier molecular flexibility index (Phi) is 11.8. The molecule has 1 aromatic carbocycles. The lowest BCUT2D eigenvalue weighted by Gasteiger charge is -2.29. The van der Waals surface area contributed by atoms with Crippen LogP contribution in [-0.2, 0) is 13.5 Å². The van der Waals surface area contributed by atoms with Crippen molar-refractivity contribution < 1.29 is 9.47 Å². The van der Waals surface area contributed by atoms with Gasteiger partial charge < -0.3 is 14.4 Å². The molecular formula is C28H41Cl2N7O2. The third-order valence-electron chi connectivity index (χ3n) is 7.45. The molecule has 0 atom stereocenters. The summed E-state index contributed by atoms with van der Waals surface area (Å²) >= 11 is 0. The van der Waals surface area contributed by atoms with Crippen LogP contribution in [0.25, 0.3) is 22.5 Å². The summed E-state index contributed by atoms with van der Waals surface area (Å²) < 4.78 is 12.8. The maximum absolute atomic E-state index is 6.50. The van der Waals surface area contributed by atoms with E-state index in [9.17, 15) is 0 Å². The van der Waals surface area contributed by atoms with Gasteiger partial charge in [0, 0.05) is 24.7 Å². The zero-order valence-corrected chi connectivity index (χ0v) is 24.8. The molecule has 0 unspecified atom stereocenters. The monoisotopic (exact) mass is 577 g/mol. The van der Waals surface area contributed by atoms with Gasteiger partial charge in [0.15, 0.2) is 0 Å². The predicted octanol–water partition coefficient (Wildman–Crippen LogP) is 5.70. The second-order valence-corrected chi connectivity index (χ2v) is 10.5. The van der Waals surface area contributed by atoms with Crippen molar-refractivity contribution in [1.29, 1.82) is 0 Å². The minimum atomic E-state index is 0. The Morgan fingerprint density at radius 1 is 0.846 bits per heavy atom. The van der Waals surface area contributed by atoms with Gasteiger partial charge in [-0.3, -0.25) is 0 Å². The summed E-state index contributed by atoms with van der Waals surface area (Å²) in [4.78, 5) is 3.82. The lowest BCUT2D eigenvalue weighted by Crippen LogP contribution is -2.35. The van der Waals surface area contributed by atoms with Gasteiger partial charge in [0.2, 0.25) is 11.7 Å². The van der Waals surface area contributed by atoms with Gasteiger partial charge in [0.25, 0.3) is 0 Å². The van der Waals surface area contributed by atoms with E-state index in [1.165, 1.54) is 24.1 Å². The van der Waals surface area contributed by atoms with E-state index in [1.54, 1.807) is 7.05 Å². The molecule has 0 bridgehead atoms. The Balaban J connectivity index is 0.00000210. The minimum Gasteiger partial charge on any atom is -0.490 e. The highest BCUT2D eigenvalue weighted by atomic mass is 35.5. The lowest BCUT2D eigenvalue weighted by atomic mass is 9.97. The third kappa shape index (κ3) is 8.02. The maximum atomic E-state index is 6.50. The summed E-state index contributed by atoms with van der Waals surface area (Å²) in [6.45, 7) is 4.27. The molecule has 0 spiro atoms. The van der Waals surface area contributed by atoms with Crippen molar-refractivity contribution in [1.82, 2.24) is 35.3 Å². The molecule has 2 fully saturated rings. The predicted molar refractivity (Wildman–Crippen MR) is 157 cm³/mol. The van der Waals surface area contributed by atoms with Crippen molar-refractivity contribution in [2.24, 2.45) is 7.05 Å². The Morgan fingerprint density at radius 2 is 1.59 bits per heavy atom. The van der Waals surface area contributed by atoms with Gasteiger partial charge in [-0.05, 0) is 81.3 Å². The molecule has 39 heavy (non-hydrogen) atoms. The smallest absolute Gasteiger partial charge is 0.234 e. The first-order valence-electron chi connectivity index (χ1n) is 13.9. The number of aromatic nitrogens is 6. The van der Waals surface area contributed by atoms with Gasteiger partial charge >= 0.3 is 0 Å². The number of piperidine rings is 1. The first kappa shape index (κ1) is 31.0.